The third-order valence-electron chi connectivity index (χ3n) is 6.15. The Hall–Kier alpha value is -1.93. The first-order valence-corrected chi connectivity index (χ1v) is 12.8. The number of nitrogens with zero attached hydrogens (tertiary/aromatic N) is 2. The summed E-state index contributed by atoms with van der Waals surface area (Å²) in [5, 5.41) is 1.35. The summed E-state index contributed by atoms with van der Waals surface area (Å²) in [5.41, 5.74) is 3.52. The van der Waals surface area contributed by atoms with E-state index in [4.69, 9.17) is 11.6 Å². The third kappa shape index (κ3) is 3.78. The van der Waals surface area contributed by atoms with Crippen molar-refractivity contribution in [3.05, 3.63) is 62.5 Å². The number of amides is 1. The molecule has 1 aliphatic heterocycles. The topological polar surface area (TPSA) is 57.7 Å². The normalized spacial score (nSPS) is 15.6. The predicted octanol–water partition coefficient (Wildman–Crippen LogP) is 4.94. The van der Waals surface area contributed by atoms with Crippen molar-refractivity contribution in [1.29, 1.82) is 0 Å². The van der Waals surface area contributed by atoms with Crippen molar-refractivity contribution >= 4 is 49.0 Å². The lowest BCUT2D eigenvalue weighted by Crippen LogP contribution is -2.50. The minimum absolute atomic E-state index is 0.137. The number of hydrogen-bond acceptors (Lipinski definition) is 4. The Balaban J connectivity index is 1.56. The highest BCUT2D eigenvalue weighted by atomic mass is 35.5. The van der Waals surface area contributed by atoms with Gasteiger partial charge >= 0.3 is 0 Å². The number of rotatable bonds is 3. The molecule has 1 aliphatic rings. The maximum Gasteiger partial charge on any atom is 0.265 e. The average Bonchev–Trinajstić information content (AvgIpc) is 3.09. The van der Waals surface area contributed by atoms with Crippen LogP contribution in [0.2, 0.25) is 5.02 Å². The summed E-state index contributed by atoms with van der Waals surface area (Å²) in [7, 11) is -3.64. The van der Waals surface area contributed by atoms with Crippen LogP contribution >= 0.6 is 22.9 Å². The lowest BCUT2D eigenvalue weighted by Gasteiger charge is -2.34. The van der Waals surface area contributed by atoms with Crippen molar-refractivity contribution in [2.75, 3.05) is 26.2 Å². The molecule has 2 heterocycles. The van der Waals surface area contributed by atoms with Gasteiger partial charge in [-0.15, -0.1) is 11.3 Å². The molecule has 0 N–H and O–H groups in total. The molecule has 3 aromatic rings. The van der Waals surface area contributed by atoms with Crippen LogP contribution in [0.5, 0.6) is 0 Å². The minimum atomic E-state index is -3.64. The molecule has 4 rings (SSSR count). The van der Waals surface area contributed by atoms with Crippen molar-refractivity contribution in [3.63, 3.8) is 0 Å². The predicted molar refractivity (Wildman–Crippen MR) is 127 cm³/mol. The largest absolute Gasteiger partial charge is 0.335 e. The fourth-order valence-corrected chi connectivity index (χ4v) is 7.60. The van der Waals surface area contributed by atoms with Crippen LogP contribution in [0.3, 0.4) is 0 Å². The molecular formula is C23H25ClN2O3S2. The molecule has 164 valence electrons. The van der Waals surface area contributed by atoms with E-state index in [2.05, 4.69) is 0 Å². The summed E-state index contributed by atoms with van der Waals surface area (Å²) >= 11 is 7.85. The molecule has 0 bridgehead atoms. The number of benzene rings is 2. The molecule has 2 aromatic carbocycles. The van der Waals surface area contributed by atoms with Crippen LogP contribution in [-0.4, -0.2) is 49.7 Å². The van der Waals surface area contributed by atoms with Crippen molar-refractivity contribution in [2.24, 2.45) is 0 Å². The van der Waals surface area contributed by atoms with Crippen LogP contribution in [0.4, 0.5) is 0 Å². The molecule has 1 amide bonds. The van der Waals surface area contributed by atoms with Gasteiger partial charge in [-0.05, 0) is 56.0 Å². The second-order valence-corrected chi connectivity index (χ2v) is 11.3. The average molecular weight is 477 g/mol. The van der Waals surface area contributed by atoms with Gasteiger partial charge in [-0.3, -0.25) is 4.79 Å². The van der Waals surface area contributed by atoms with E-state index >= 15 is 0 Å². The molecular weight excluding hydrogens is 452 g/mol. The Kier molecular flexibility index (Phi) is 5.89. The van der Waals surface area contributed by atoms with E-state index in [1.165, 1.54) is 15.6 Å². The Morgan fingerprint density at radius 3 is 2.13 bits per heavy atom. The molecule has 0 radical (unpaired) electrons. The van der Waals surface area contributed by atoms with E-state index in [9.17, 15) is 13.2 Å². The monoisotopic (exact) mass is 476 g/mol. The van der Waals surface area contributed by atoms with Crippen LogP contribution in [0, 0.1) is 27.7 Å². The Morgan fingerprint density at radius 1 is 0.968 bits per heavy atom. The number of carbonyl (C=O) groups excluding carboxylic acids is 1. The summed E-state index contributed by atoms with van der Waals surface area (Å²) in [6.07, 6.45) is 0. The third-order valence-corrected chi connectivity index (χ3v) is 9.99. The van der Waals surface area contributed by atoms with E-state index in [0.29, 0.717) is 27.9 Å². The van der Waals surface area contributed by atoms with E-state index in [0.717, 1.165) is 32.3 Å². The van der Waals surface area contributed by atoms with Gasteiger partial charge in [0.05, 0.1) is 9.92 Å². The number of thiophene rings is 1. The Morgan fingerprint density at radius 2 is 1.55 bits per heavy atom. The van der Waals surface area contributed by atoms with Crippen LogP contribution in [0.25, 0.3) is 10.1 Å². The van der Waals surface area contributed by atoms with Crippen LogP contribution < -0.4 is 0 Å². The van der Waals surface area contributed by atoms with Gasteiger partial charge in [-0.1, -0.05) is 35.9 Å². The fourth-order valence-electron chi connectivity index (χ4n) is 4.12. The summed E-state index contributed by atoms with van der Waals surface area (Å²) in [6.45, 7) is 8.80. The Labute approximate surface area is 192 Å². The lowest BCUT2D eigenvalue weighted by molar-refractivity contribution is 0.0703. The van der Waals surface area contributed by atoms with Crippen LogP contribution in [0.1, 0.15) is 31.9 Å². The van der Waals surface area contributed by atoms with Gasteiger partial charge in [0.25, 0.3) is 5.91 Å². The van der Waals surface area contributed by atoms with Crippen LogP contribution in [-0.2, 0) is 10.0 Å². The van der Waals surface area contributed by atoms with Gasteiger partial charge in [0.1, 0.15) is 4.88 Å². The van der Waals surface area contributed by atoms with Crippen LogP contribution in [0.15, 0.2) is 35.2 Å². The number of carbonyl (C=O) groups is 1. The summed E-state index contributed by atoms with van der Waals surface area (Å²) in [6, 6.07) is 9.69. The highest BCUT2D eigenvalue weighted by Crippen LogP contribution is 2.36. The highest BCUT2D eigenvalue weighted by molar-refractivity contribution is 7.89. The molecule has 1 aromatic heterocycles. The molecule has 1 saturated heterocycles. The van der Waals surface area contributed by atoms with Gasteiger partial charge in [0.15, 0.2) is 0 Å². The molecule has 31 heavy (non-hydrogen) atoms. The molecule has 0 atom stereocenters. The van der Waals surface area contributed by atoms with E-state index in [1.807, 2.05) is 58.0 Å². The van der Waals surface area contributed by atoms with E-state index in [1.54, 1.807) is 4.90 Å². The smallest absolute Gasteiger partial charge is 0.265 e. The second-order valence-electron chi connectivity index (χ2n) is 8.03. The van der Waals surface area contributed by atoms with E-state index < -0.39 is 10.0 Å². The zero-order chi connectivity index (χ0) is 22.5. The quantitative estimate of drug-likeness (QED) is 0.538. The van der Waals surface area contributed by atoms with Gasteiger partial charge in [-0.2, -0.15) is 4.31 Å². The molecule has 5 nitrogen and oxygen atoms in total. The maximum atomic E-state index is 13.5. The second kappa shape index (κ2) is 8.20. The zero-order valence-electron chi connectivity index (χ0n) is 18.0. The number of sulfonamides is 1. The number of fused-ring (bicyclic) bond motifs is 1. The summed E-state index contributed by atoms with van der Waals surface area (Å²) in [5.74, 6) is -0.137. The number of aryl methyl sites for hydroxylation is 2. The van der Waals surface area contributed by atoms with Gasteiger partial charge < -0.3 is 4.90 Å². The molecule has 0 unspecified atom stereocenters. The molecule has 0 spiro atoms. The first-order valence-electron chi connectivity index (χ1n) is 10.2. The standard InChI is InChI=1S/C23H25ClN2O3S2/c1-14-13-15(2)17(4)22(16(14)3)31(28,29)26-11-9-25(10-12-26)23(27)21-20(24)18-7-5-6-8-19(18)30-21/h5-8,13H,9-12H2,1-4H3. The van der Waals surface area contributed by atoms with E-state index in [-0.39, 0.29) is 19.0 Å². The zero-order valence-corrected chi connectivity index (χ0v) is 20.4. The van der Waals surface area contributed by atoms with Gasteiger partial charge in [0, 0.05) is 36.3 Å². The first-order chi connectivity index (χ1) is 14.6. The lowest BCUT2D eigenvalue weighted by atomic mass is 10.0. The van der Waals surface area contributed by atoms with Gasteiger partial charge in [-0.25, -0.2) is 8.42 Å². The van der Waals surface area contributed by atoms with Crippen molar-refractivity contribution < 1.29 is 13.2 Å². The number of hydrogen-bond donors (Lipinski definition) is 0. The highest BCUT2D eigenvalue weighted by Gasteiger charge is 2.34. The minimum Gasteiger partial charge on any atom is -0.335 e. The maximum absolute atomic E-state index is 13.5. The molecule has 1 fully saturated rings. The first kappa shape index (κ1) is 22.3. The molecule has 0 aliphatic carbocycles. The number of piperazine rings is 1. The molecule has 8 heteroatoms. The number of halogens is 1. The summed E-state index contributed by atoms with van der Waals surface area (Å²) in [4.78, 5) is 15.7. The van der Waals surface area contributed by atoms with Crippen molar-refractivity contribution in [1.82, 2.24) is 9.21 Å². The Bertz CT molecular complexity index is 1260. The SMILES string of the molecule is Cc1cc(C)c(C)c(S(=O)(=O)N2CCN(C(=O)c3sc4ccccc4c3Cl)CC2)c1C. The fraction of sp³-hybridized carbons (Fsp3) is 0.348. The summed E-state index contributed by atoms with van der Waals surface area (Å²) < 4.78 is 29.4. The van der Waals surface area contributed by atoms with Crippen molar-refractivity contribution in [3.8, 4) is 0 Å². The van der Waals surface area contributed by atoms with Crippen molar-refractivity contribution in [2.45, 2.75) is 32.6 Å². The molecule has 0 saturated carbocycles. The van der Waals surface area contributed by atoms with Gasteiger partial charge in [0.2, 0.25) is 10.0 Å².